The first kappa shape index (κ1) is 17.3. The van der Waals surface area contributed by atoms with Crippen LogP contribution < -0.4 is 5.73 Å². The van der Waals surface area contributed by atoms with Gasteiger partial charge in [-0.05, 0) is 24.5 Å². The van der Waals surface area contributed by atoms with Gasteiger partial charge in [0.25, 0.3) is 0 Å². The number of amides is 1. The average Bonchev–Trinajstić information content (AvgIpc) is 2.45. The van der Waals surface area contributed by atoms with Crippen LogP contribution in [0, 0.1) is 11.8 Å². The van der Waals surface area contributed by atoms with Crippen LogP contribution in [0.4, 0.5) is 0 Å². The van der Waals surface area contributed by atoms with E-state index in [1.165, 1.54) is 0 Å². The van der Waals surface area contributed by atoms with E-state index in [-0.39, 0.29) is 23.7 Å². The molecule has 21 heavy (non-hydrogen) atoms. The second kappa shape index (κ2) is 7.31. The molecule has 0 aromatic heterocycles. The van der Waals surface area contributed by atoms with E-state index in [1.807, 2.05) is 39.0 Å². The van der Waals surface area contributed by atoms with Crippen LogP contribution in [0.25, 0.3) is 0 Å². The normalized spacial score (nSPS) is 14.9. The maximum absolute atomic E-state index is 12.6. The van der Waals surface area contributed by atoms with Crippen LogP contribution in [0.3, 0.4) is 0 Å². The highest BCUT2D eigenvalue weighted by Crippen LogP contribution is 2.28. The number of benzene rings is 1. The minimum Gasteiger partial charge on any atom is -0.409 e. The number of hydrogen-bond acceptors (Lipinski definition) is 3. The van der Waals surface area contributed by atoms with E-state index in [2.05, 4.69) is 5.16 Å². The Hall–Kier alpha value is -1.75. The number of hydrogen-bond donors (Lipinski definition) is 2. The van der Waals surface area contributed by atoms with Gasteiger partial charge in [0, 0.05) is 12.1 Å². The minimum absolute atomic E-state index is 0.0747. The third kappa shape index (κ3) is 3.88. The fourth-order valence-electron chi connectivity index (χ4n) is 2.25. The summed E-state index contributed by atoms with van der Waals surface area (Å²) in [6, 6.07) is 7.17. The van der Waals surface area contributed by atoms with Gasteiger partial charge >= 0.3 is 0 Å². The summed E-state index contributed by atoms with van der Waals surface area (Å²) < 4.78 is 0. The molecular weight excluding hydrogens is 290 g/mol. The summed E-state index contributed by atoms with van der Waals surface area (Å²) in [5, 5.41) is 12.4. The zero-order valence-corrected chi connectivity index (χ0v) is 13.5. The molecule has 3 N–H and O–H groups in total. The van der Waals surface area contributed by atoms with Gasteiger partial charge in [0.15, 0.2) is 5.84 Å². The summed E-state index contributed by atoms with van der Waals surface area (Å²) >= 11 is 6.17. The number of carbonyl (C=O) groups excluding carboxylic acids is 1. The number of amidine groups is 1. The molecule has 0 bridgehead atoms. The number of nitrogens with zero attached hydrogens (tertiary/aromatic N) is 2. The summed E-state index contributed by atoms with van der Waals surface area (Å²) in [5.41, 5.74) is 6.51. The first-order chi connectivity index (χ1) is 9.81. The van der Waals surface area contributed by atoms with Gasteiger partial charge in [0.05, 0.1) is 6.04 Å². The Morgan fingerprint density at radius 3 is 2.38 bits per heavy atom. The Bertz CT molecular complexity index is 531. The van der Waals surface area contributed by atoms with Gasteiger partial charge in [-0.2, -0.15) is 0 Å². The van der Waals surface area contributed by atoms with Gasteiger partial charge in [0.2, 0.25) is 5.91 Å². The molecule has 2 unspecified atom stereocenters. The number of rotatable bonds is 5. The molecule has 116 valence electrons. The van der Waals surface area contributed by atoms with Crippen LogP contribution in [-0.4, -0.2) is 28.9 Å². The van der Waals surface area contributed by atoms with E-state index >= 15 is 0 Å². The van der Waals surface area contributed by atoms with Gasteiger partial charge < -0.3 is 15.8 Å². The summed E-state index contributed by atoms with van der Waals surface area (Å²) in [6.45, 7) is 5.60. The largest absolute Gasteiger partial charge is 0.409 e. The molecule has 1 amide bonds. The van der Waals surface area contributed by atoms with Crippen LogP contribution >= 0.6 is 11.6 Å². The quantitative estimate of drug-likeness (QED) is 0.380. The van der Waals surface area contributed by atoms with Crippen molar-refractivity contribution in [2.45, 2.75) is 26.8 Å². The van der Waals surface area contributed by atoms with Crippen molar-refractivity contribution < 1.29 is 10.0 Å². The lowest BCUT2D eigenvalue weighted by Crippen LogP contribution is -2.43. The Morgan fingerprint density at radius 2 is 1.90 bits per heavy atom. The van der Waals surface area contributed by atoms with E-state index in [0.29, 0.717) is 5.02 Å². The molecule has 0 radical (unpaired) electrons. The van der Waals surface area contributed by atoms with Crippen LogP contribution in [-0.2, 0) is 4.79 Å². The fraction of sp³-hybridized carbons (Fsp3) is 0.467. The van der Waals surface area contributed by atoms with Gasteiger partial charge in [-0.3, -0.25) is 4.79 Å². The third-order valence-electron chi connectivity index (χ3n) is 3.65. The SMILES string of the molecule is CC(C)C(C(=O)N(C)C(C)c1ccccc1Cl)C(N)=NO. The molecule has 1 rings (SSSR count). The highest BCUT2D eigenvalue weighted by molar-refractivity contribution is 6.31. The standard InChI is InChI=1S/C15H22ClN3O2/c1-9(2)13(14(17)18-21)15(20)19(4)10(3)11-7-5-6-8-12(11)16/h5-10,13,21H,1-4H3,(H2,17,18). The number of halogens is 1. The van der Waals surface area contributed by atoms with Crippen molar-refractivity contribution in [3.8, 4) is 0 Å². The van der Waals surface area contributed by atoms with Crippen molar-refractivity contribution >= 4 is 23.3 Å². The predicted octanol–water partition coefficient (Wildman–Crippen LogP) is 2.88. The molecule has 1 aromatic rings. The van der Waals surface area contributed by atoms with Crippen molar-refractivity contribution in [2.24, 2.45) is 22.7 Å². The first-order valence-electron chi connectivity index (χ1n) is 6.79. The van der Waals surface area contributed by atoms with Crippen molar-refractivity contribution in [3.63, 3.8) is 0 Å². The maximum atomic E-state index is 12.6. The monoisotopic (exact) mass is 311 g/mol. The molecule has 0 aliphatic rings. The maximum Gasteiger partial charge on any atom is 0.233 e. The molecule has 0 fully saturated rings. The Balaban J connectivity index is 3.03. The third-order valence-corrected chi connectivity index (χ3v) is 3.99. The molecular formula is C15H22ClN3O2. The predicted molar refractivity (Wildman–Crippen MR) is 84.4 cm³/mol. The Morgan fingerprint density at radius 1 is 1.33 bits per heavy atom. The average molecular weight is 312 g/mol. The van der Waals surface area contributed by atoms with Crippen LogP contribution in [0.1, 0.15) is 32.4 Å². The fourth-order valence-corrected chi connectivity index (χ4v) is 2.54. The molecule has 0 saturated carbocycles. The molecule has 0 aliphatic heterocycles. The van der Waals surface area contributed by atoms with Crippen molar-refractivity contribution in [3.05, 3.63) is 34.9 Å². The van der Waals surface area contributed by atoms with Crippen molar-refractivity contribution in [1.82, 2.24) is 4.90 Å². The molecule has 0 aliphatic carbocycles. The van der Waals surface area contributed by atoms with Gasteiger partial charge in [-0.25, -0.2) is 0 Å². The summed E-state index contributed by atoms with van der Waals surface area (Å²) in [4.78, 5) is 14.2. The van der Waals surface area contributed by atoms with Crippen LogP contribution in [0.15, 0.2) is 29.4 Å². The Kier molecular flexibility index (Phi) is 6.03. The number of carbonyl (C=O) groups is 1. The molecule has 6 heteroatoms. The molecule has 5 nitrogen and oxygen atoms in total. The van der Waals surface area contributed by atoms with Crippen LogP contribution in [0.2, 0.25) is 5.02 Å². The highest BCUT2D eigenvalue weighted by Gasteiger charge is 2.31. The lowest BCUT2D eigenvalue weighted by atomic mass is 9.92. The second-order valence-corrected chi connectivity index (χ2v) is 5.80. The minimum atomic E-state index is -0.662. The molecule has 2 atom stereocenters. The van der Waals surface area contributed by atoms with Gasteiger partial charge in [-0.1, -0.05) is 48.8 Å². The van der Waals surface area contributed by atoms with E-state index in [1.54, 1.807) is 18.0 Å². The Labute approximate surface area is 130 Å². The zero-order chi connectivity index (χ0) is 16.2. The van der Waals surface area contributed by atoms with E-state index in [9.17, 15) is 4.79 Å². The van der Waals surface area contributed by atoms with Crippen molar-refractivity contribution in [2.75, 3.05) is 7.05 Å². The molecule has 1 aromatic carbocycles. The second-order valence-electron chi connectivity index (χ2n) is 5.39. The summed E-state index contributed by atoms with van der Waals surface area (Å²) in [6.07, 6.45) is 0. The lowest BCUT2D eigenvalue weighted by Gasteiger charge is -2.30. The summed E-state index contributed by atoms with van der Waals surface area (Å²) in [5.74, 6) is -1.01. The number of oxime groups is 1. The summed E-state index contributed by atoms with van der Waals surface area (Å²) in [7, 11) is 1.69. The zero-order valence-electron chi connectivity index (χ0n) is 12.7. The molecule has 0 saturated heterocycles. The first-order valence-corrected chi connectivity index (χ1v) is 7.17. The molecule has 0 heterocycles. The van der Waals surface area contributed by atoms with Crippen molar-refractivity contribution in [1.29, 1.82) is 0 Å². The smallest absolute Gasteiger partial charge is 0.233 e. The number of nitrogens with two attached hydrogens (primary N) is 1. The molecule has 0 spiro atoms. The van der Waals surface area contributed by atoms with Gasteiger partial charge in [-0.15, -0.1) is 0 Å². The lowest BCUT2D eigenvalue weighted by molar-refractivity contribution is -0.135. The topological polar surface area (TPSA) is 78.9 Å². The highest BCUT2D eigenvalue weighted by atomic mass is 35.5. The van der Waals surface area contributed by atoms with Gasteiger partial charge in [0.1, 0.15) is 5.92 Å². The van der Waals surface area contributed by atoms with E-state index in [4.69, 9.17) is 22.5 Å². The van der Waals surface area contributed by atoms with E-state index < -0.39 is 5.92 Å². The van der Waals surface area contributed by atoms with Crippen LogP contribution in [0.5, 0.6) is 0 Å². The van der Waals surface area contributed by atoms with E-state index in [0.717, 1.165) is 5.56 Å².